The van der Waals surface area contributed by atoms with Crippen LogP contribution in [0.4, 0.5) is 5.00 Å². The Balaban J connectivity index is 1.46. The number of guanidine groups is 1. The van der Waals surface area contributed by atoms with Crippen molar-refractivity contribution in [1.29, 1.82) is 0 Å². The maximum atomic E-state index is 4.49. The second-order valence-electron chi connectivity index (χ2n) is 6.60. The molecule has 0 amide bonds. The Morgan fingerprint density at radius 1 is 1.39 bits per heavy atom. The van der Waals surface area contributed by atoms with Gasteiger partial charge < -0.3 is 15.1 Å². The van der Waals surface area contributed by atoms with Crippen molar-refractivity contribution in [3.63, 3.8) is 0 Å². The molecule has 1 unspecified atom stereocenters. The summed E-state index contributed by atoms with van der Waals surface area (Å²) in [7, 11) is 4.13. The van der Waals surface area contributed by atoms with E-state index in [9.17, 15) is 0 Å². The highest BCUT2D eigenvalue weighted by Gasteiger charge is 2.29. The van der Waals surface area contributed by atoms with Crippen LogP contribution in [0.1, 0.15) is 19.8 Å². The summed E-state index contributed by atoms with van der Waals surface area (Å²) in [6, 6.07) is 5.70. The van der Waals surface area contributed by atoms with Crippen LogP contribution in [0, 0.1) is 0 Å². The standard InChI is InChI=1S/C17H29N5S/c1-14(20(3)15-6-7-15)13-19-17(18-2)22-10-8-21(9-11-22)16-5-4-12-23-16/h4-5,12,14-15H,6-11,13H2,1-3H3,(H,18,19). The van der Waals surface area contributed by atoms with E-state index < -0.39 is 0 Å². The molecule has 1 saturated heterocycles. The van der Waals surface area contributed by atoms with Crippen molar-refractivity contribution in [3.05, 3.63) is 17.5 Å². The molecule has 0 bridgehead atoms. The highest BCUT2D eigenvalue weighted by molar-refractivity contribution is 7.14. The topological polar surface area (TPSA) is 34.1 Å². The molecule has 5 nitrogen and oxygen atoms in total. The highest BCUT2D eigenvalue weighted by Crippen LogP contribution is 2.26. The summed E-state index contributed by atoms with van der Waals surface area (Å²) in [5.74, 6) is 1.05. The Hall–Kier alpha value is -1.27. The molecule has 1 aromatic rings. The average Bonchev–Trinajstić information content (AvgIpc) is 3.29. The number of aliphatic imine (C=N–C) groups is 1. The fourth-order valence-corrected chi connectivity index (χ4v) is 3.93. The van der Waals surface area contributed by atoms with Crippen molar-refractivity contribution < 1.29 is 0 Å². The van der Waals surface area contributed by atoms with E-state index in [1.54, 1.807) is 0 Å². The Kier molecular flexibility index (Phi) is 5.43. The fourth-order valence-electron chi connectivity index (χ4n) is 3.15. The molecule has 1 aliphatic carbocycles. The largest absolute Gasteiger partial charge is 0.360 e. The third-order valence-electron chi connectivity index (χ3n) is 4.98. The first-order valence-corrected chi connectivity index (χ1v) is 9.53. The Labute approximate surface area is 144 Å². The lowest BCUT2D eigenvalue weighted by atomic mass is 10.3. The van der Waals surface area contributed by atoms with Crippen molar-refractivity contribution in [2.24, 2.45) is 4.99 Å². The van der Waals surface area contributed by atoms with Crippen molar-refractivity contribution in [2.45, 2.75) is 31.8 Å². The van der Waals surface area contributed by atoms with Crippen LogP contribution >= 0.6 is 11.3 Å². The van der Waals surface area contributed by atoms with Gasteiger partial charge in [0.05, 0.1) is 5.00 Å². The summed E-state index contributed by atoms with van der Waals surface area (Å²) < 4.78 is 0. The lowest BCUT2D eigenvalue weighted by Gasteiger charge is -2.37. The quantitative estimate of drug-likeness (QED) is 0.659. The molecular weight excluding hydrogens is 306 g/mol. The number of hydrogen-bond acceptors (Lipinski definition) is 4. The zero-order chi connectivity index (χ0) is 16.2. The number of anilines is 1. The smallest absolute Gasteiger partial charge is 0.193 e. The summed E-state index contributed by atoms with van der Waals surface area (Å²) >= 11 is 1.83. The van der Waals surface area contributed by atoms with Gasteiger partial charge in [0.25, 0.3) is 0 Å². The summed E-state index contributed by atoms with van der Waals surface area (Å²) in [6.45, 7) is 7.46. The van der Waals surface area contributed by atoms with E-state index in [2.05, 4.69) is 56.5 Å². The summed E-state index contributed by atoms with van der Waals surface area (Å²) in [6.07, 6.45) is 2.72. The second-order valence-corrected chi connectivity index (χ2v) is 7.53. The van der Waals surface area contributed by atoms with E-state index in [-0.39, 0.29) is 0 Å². The zero-order valence-electron chi connectivity index (χ0n) is 14.5. The first kappa shape index (κ1) is 16.6. The molecule has 0 spiro atoms. The lowest BCUT2D eigenvalue weighted by molar-refractivity contribution is 0.245. The van der Waals surface area contributed by atoms with E-state index in [1.807, 2.05) is 18.4 Å². The van der Waals surface area contributed by atoms with Crippen LogP contribution in [-0.4, -0.2) is 74.7 Å². The molecule has 1 N–H and O–H groups in total. The minimum absolute atomic E-state index is 0.548. The van der Waals surface area contributed by atoms with Gasteiger partial charge >= 0.3 is 0 Å². The number of likely N-dealkylation sites (N-methyl/N-ethyl adjacent to an activating group) is 1. The fraction of sp³-hybridized carbons (Fsp3) is 0.706. The van der Waals surface area contributed by atoms with Crippen LogP contribution in [0.15, 0.2) is 22.5 Å². The summed E-state index contributed by atoms with van der Waals surface area (Å²) in [4.78, 5) is 11.8. The first-order chi connectivity index (χ1) is 11.2. The van der Waals surface area contributed by atoms with Crippen molar-refractivity contribution >= 4 is 22.3 Å². The van der Waals surface area contributed by atoms with Crippen LogP contribution in [0.25, 0.3) is 0 Å². The number of piperazine rings is 1. The molecule has 1 aromatic heterocycles. The molecule has 0 radical (unpaired) electrons. The van der Waals surface area contributed by atoms with Gasteiger partial charge in [0.1, 0.15) is 0 Å². The van der Waals surface area contributed by atoms with Crippen LogP contribution in [0.3, 0.4) is 0 Å². The maximum Gasteiger partial charge on any atom is 0.193 e. The molecule has 2 aliphatic rings. The van der Waals surface area contributed by atoms with E-state index in [0.29, 0.717) is 6.04 Å². The predicted molar refractivity (Wildman–Crippen MR) is 99.7 cm³/mol. The summed E-state index contributed by atoms with van der Waals surface area (Å²) in [5, 5.41) is 7.10. The number of rotatable bonds is 5. The number of nitrogens with one attached hydrogen (secondary N) is 1. The Morgan fingerprint density at radius 2 is 2.13 bits per heavy atom. The van der Waals surface area contributed by atoms with Crippen molar-refractivity contribution in [3.8, 4) is 0 Å². The minimum Gasteiger partial charge on any atom is -0.360 e. The normalized spacial score (nSPS) is 21.0. The van der Waals surface area contributed by atoms with E-state index in [1.165, 1.54) is 17.8 Å². The Morgan fingerprint density at radius 3 is 2.70 bits per heavy atom. The van der Waals surface area contributed by atoms with Gasteiger partial charge in [0.15, 0.2) is 5.96 Å². The third-order valence-corrected chi connectivity index (χ3v) is 5.91. The average molecular weight is 336 g/mol. The van der Waals surface area contributed by atoms with Crippen LogP contribution in [0.2, 0.25) is 0 Å². The molecule has 2 fully saturated rings. The lowest BCUT2D eigenvalue weighted by Crippen LogP contribution is -2.54. The molecule has 6 heteroatoms. The minimum atomic E-state index is 0.548. The molecule has 0 aromatic carbocycles. The Bertz CT molecular complexity index is 503. The van der Waals surface area contributed by atoms with Gasteiger partial charge in [-0.3, -0.25) is 9.89 Å². The second kappa shape index (κ2) is 7.53. The third kappa shape index (κ3) is 4.18. The first-order valence-electron chi connectivity index (χ1n) is 8.65. The zero-order valence-corrected chi connectivity index (χ0v) is 15.4. The van der Waals surface area contributed by atoms with Crippen LogP contribution in [0.5, 0.6) is 0 Å². The predicted octanol–water partition coefficient (Wildman–Crippen LogP) is 1.93. The highest BCUT2D eigenvalue weighted by atomic mass is 32.1. The monoisotopic (exact) mass is 335 g/mol. The molecule has 1 atom stereocenters. The number of thiophene rings is 1. The van der Waals surface area contributed by atoms with Gasteiger partial charge in [-0.25, -0.2) is 0 Å². The van der Waals surface area contributed by atoms with Crippen molar-refractivity contribution in [1.82, 2.24) is 15.1 Å². The number of nitrogens with zero attached hydrogens (tertiary/aromatic N) is 4. The van der Waals surface area contributed by atoms with E-state index >= 15 is 0 Å². The molecule has 3 rings (SSSR count). The SMILES string of the molecule is CN=C(NCC(C)N(C)C1CC1)N1CCN(c2cccs2)CC1. The summed E-state index contributed by atoms with van der Waals surface area (Å²) in [5.41, 5.74) is 0. The van der Waals surface area contributed by atoms with E-state index in [0.717, 1.165) is 44.7 Å². The van der Waals surface area contributed by atoms with Crippen LogP contribution < -0.4 is 10.2 Å². The van der Waals surface area contributed by atoms with Crippen molar-refractivity contribution in [2.75, 3.05) is 51.7 Å². The molecule has 23 heavy (non-hydrogen) atoms. The van der Waals surface area contributed by atoms with Gasteiger partial charge in [-0.2, -0.15) is 0 Å². The molecular formula is C17H29N5S. The van der Waals surface area contributed by atoms with E-state index in [4.69, 9.17) is 0 Å². The maximum absolute atomic E-state index is 4.49. The van der Waals surface area contributed by atoms with Crippen LogP contribution in [-0.2, 0) is 0 Å². The van der Waals surface area contributed by atoms with Gasteiger partial charge in [-0.1, -0.05) is 0 Å². The molecule has 128 valence electrons. The molecule has 1 saturated carbocycles. The number of hydrogen-bond donors (Lipinski definition) is 1. The molecule has 2 heterocycles. The van der Waals surface area contributed by atoms with Gasteiger partial charge in [-0.05, 0) is 44.3 Å². The van der Waals surface area contributed by atoms with Gasteiger partial charge in [-0.15, -0.1) is 11.3 Å². The van der Waals surface area contributed by atoms with Gasteiger partial charge in [0.2, 0.25) is 0 Å². The molecule has 1 aliphatic heterocycles. The van der Waals surface area contributed by atoms with Gasteiger partial charge in [0, 0.05) is 51.9 Å².